The molecule has 2 N–H and O–H groups in total. The van der Waals surface area contributed by atoms with Gasteiger partial charge in [-0.3, -0.25) is 4.68 Å². The third-order valence-electron chi connectivity index (χ3n) is 2.66. The molecule has 6 heteroatoms. The van der Waals surface area contributed by atoms with E-state index < -0.39 is 0 Å². The predicted molar refractivity (Wildman–Crippen MR) is 66.9 cm³/mol. The number of benzene rings is 1. The van der Waals surface area contributed by atoms with Crippen molar-refractivity contribution in [2.45, 2.75) is 0 Å². The van der Waals surface area contributed by atoms with Gasteiger partial charge in [0.15, 0.2) is 11.5 Å². The number of rotatable bonds is 1. The number of ether oxygens (including phenoxy) is 2. The average Bonchev–Trinajstić information content (AvgIpc) is 2.86. The second kappa shape index (κ2) is 3.66. The molecule has 88 valence electrons. The molecule has 1 aliphatic heterocycles. The largest absolute Gasteiger partial charge is 0.454 e. The molecule has 1 aromatic carbocycles. The monoisotopic (exact) mass is 295 g/mol. The van der Waals surface area contributed by atoms with Crippen molar-refractivity contribution >= 4 is 21.7 Å². The van der Waals surface area contributed by atoms with Crippen LogP contribution < -0.4 is 15.2 Å². The molecular formula is C11H10BrN3O2. The standard InChI is InChI=1S/C11H10BrN3O2/c1-15-9(13)4-7(14-15)10-6(12)2-3-8-11(10)17-5-16-8/h2-4H,5,13H2,1H3. The Bertz CT molecular complexity index is 575. The molecule has 0 atom stereocenters. The maximum absolute atomic E-state index is 5.79. The van der Waals surface area contributed by atoms with Crippen molar-refractivity contribution in [1.29, 1.82) is 0 Å². The smallest absolute Gasteiger partial charge is 0.231 e. The zero-order chi connectivity index (χ0) is 12.0. The Hall–Kier alpha value is -1.69. The predicted octanol–water partition coefficient (Wildman–Crippen LogP) is 2.16. The minimum absolute atomic E-state index is 0.237. The first-order chi connectivity index (χ1) is 8.16. The lowest BCUT2D eigenvalue weighted by Crippen LogP contribution is -1.97. The summed E-state index contributed by atoms with van der Waals surface area (Å²) < 4.78 is 13.3. The summed E-state index contributed by atoms with van der Waals surface area (Å²) in [4.78, 5) is 0. The van der Waals surface area contributed by atoms with Crippen molar-refractivity contribution in [1.82, 2.24) is 9.78 Å². The fraction of sp³-hybridized carbons (Fsp3) is 0.182. The van der Waals surface area contributed by atoms with Gasteiger partial charge in [-0.15, -0.1) is 0 Å². The van der Waals surface area contributed by atoms with Crippen molar-refractivity contribution in [3.8, 4) is 22.8 Å². The summed E-state index contributed by atoms with van der Waals surface area (Å²) in [6, 6.07) is 5.58. The zero-order valence-electron chi connectivity index (χ0n) is 9.11. The normalized spacial score (nSPS) is 13.1. The van der Waals surface area contributed by atoms with Gasteiger partial charge in [-0.1, -0.05) is 0 Å². The second-order valence-corrected chi connectivity index (χ2v) is 4.59. The average molecular weight is 296 g/mol. The summed E-state index contributed by atoms with van der Waals surface area (Å²) in [5.74, 6) is 2.04. The molecule has 2 aromatic rings. The van der Waals surface area contributed by atoms with E-state index in [1.54, 1.807) is 11.7 Å². The number of nitrogen functional groups attached to an aromatic ring is 1. The van der Waals surface area contributed by atoms with Gasteiger partial charge in [0.05, 0.1) is 11.3 Å². The lowest BCUT2D eigenvalue weighted by molar-refractivity contribution is 0.174. The van der Waals surface area contributed by atoms with Gasteiger partial charge in [-0.05, 0) is 28.1 Å². The maximum Gasteiger partial charge on any atom is 0.231 e. The highest BCUT2D eigenvalue weighted by Gasteiger charge is 2.23. The third-order valence-corrected chi connectivity index (χ3v) is 3.32. The SMILES string of the molecule is Cn1nc(-c2c(Br)ccc3c2OCO3)cc1N. The molecule has 0 aliphatic carbocycles. The molecule has 5 nitrogen and oxygen atoms in total. The Morgan fingerprint density at radius 3 is 2.94 bits per heavy atom. The highest BCUT2D eigenvalue weighted by atomic mass is 79.9. The minimum Gasteiger partial charge on any atom is -0.454 e. The summed E-state index contributed by atoms with van der Waals surface area (Å²) >= 11 is 3.49. The van der Waals surface area contributed by atoms with E-state index in [1.807, 2.05) is 18.2 Å². The van der Waals surface area contributed by atoms with Crippen LogP contribution in [0.25, 0.3) is 11.3 Å². The first-order valence-corrected chi connectivity index (χ1v) is 5.84. The topological polar surface area (TPSA) is 62.3 Å². The van der Waals surface area contributed by atoms with Crippen LogP contribution in [-0.2, 0) is 7.05 Å². The number of anilines is 1. The number of hydrogen-bond acceptors (Lipinski definition) is 4. The van der Waals surface area contributed by atoms with E-state index in [9.17, 15) is 0 Å². The van der Waals surface area contributed by atoms with Crippen molar-refractivity contribution in [3.05, 3.63) is 22.7 Å². The van der Waals surface area contributed by atoms with Gasteiger partial charge in [-0.2, -0.15) is 5.10 Å². The van der Waals surface area contributed by atoms with Crippen LogP contribution in [0.4, 0.5) is 5.82 Å². The number of halogens is 1. The number of nitrogens with two attached hydrogens (primary N) is 1. The van der Waals surface area contributed by atoms with E-state index in [0.29, 0.717) is 11.6 Å². The van der Waals surface area contributed by atoms with Crippen LogP contribution in [0.15, 0.2) is 22.7 Å². The Morgan fingerprint density at radius 2 is 2.24 bits per heavy atom. The Kier molecular flexibility index (Phi) is 2.25. The molecule has 0 amide bonds. The van der Waals surface area contributed by atoms with Gasteiger partial charge in [0, 0.05) is 17.6 Å². The third kappa shape index (κ3) is 1.56. The van der Waals surface area contributed by atoms with E-state index in [0.717, 1.165) is 21.5 Å². The second-order valence-electron chi connectivity index (χ2n) is 3.73. The van der Waals surface area contributed by atoms with E-state index >= 15 is 0 Å². The lowest BCUT2D eigenvalue weighted by Gasteiger charge is -2.05. The van der Waals surface area contributed by atoms with Gasteiger partial charge >= 0.3 is 0 Å². The summed E-state index contributed by atoms with van der Waals surface area (Å²) in [6.45, 7) is 0.237. The lowest BCUT2D eigenvalue weighted by atomic mass is 10.1. The van der Waals surface area contributed by atoms with Crippen LogP contribution in [-0.4, -0.2) is 16.6 Å². The van der Waals surface area contributed by atoms with E-state index in [1.165, 1.54) is 0 Å². The number of aromatic nitrogens is 2. The van der Waals surface area contributed by atoms with E-state index in [4.69, 9.17) is 15.2 Å². The number of fused-ring (bicyclic) bond motifs is 1. The molecule has 0 radical (unpaired) electrons. The molecule has 1 aliphatic rings. The molecule has 1 aromatic heterocycles. The molecular weight excluding hydrogens is 286 g/mol. The molecule has 0 saturated carbocycles. The van der Waals surface area contributed by atoms with Gasteiger partial charge in [0.25, 0.3) is 0 Å². The molecule has 0 spiro atoms. The molecule has 3 rings (SSSR count). The highest BCUT2D eigenvalue weighted by Crippen LogP contribution is 2.45. The summed E-state index contributed by atoms with van der Waals surface area (Å²) in [5, 5.41) is 4.34. The van der Waals surface area contributed by atoms with Gasteiger partial charge in [0.2, 0.25) is 6.79 Å². The summed E-state index contributed by atoms with van der Waals surface area (Å²) in [7, 11) is 1.80. The van der Waals surface area contributed by atoms with Crippen LogP contribution >= 0.6 is 15.9 Å². The first-order valence-electron chi connectivity index (χ1n) is 5.05. The fourth-order valence-corrected chi connectivity index (χ4v) is 2.31. The van der Waals surface area contributed by atoms with Gasteiger partial charge in [-0.25, -0.2) is 0 Å². The Labute approximate surface area is 106 Å². The summed E-state index contributed by atoms with van der Waals surface area (Å²) in [6.07, 6.45) is 0. The minimum atomic E-state index is 0.237. The Balaban J connectivity index is 2.23. The summed E-state index contributed by atoms with van der Waals surface area (Å²) in [5.41, 5.74) is 7.42. The van der Waals surface area contributed by atoms with Gasteiger partial charge in [0.1, 0.15) is 5.82 Å². The fourth-order valence-electron chi connectivity index (χ4n) is 1.79. The van der Waals surface area contributed by atoms with Crippen molar-refractivity contribution in [2.24, 2.45) is 7.05 Å². The number of nitrogens with zero attached hydrogens (tertiary/aromatic N) is 2. The van der Waals surface area contributed by atoms with Crippen molar-refractivity contribution in [3.63, 3.8) is 0 Å². The maximum atomic E-state index is 5.79. The van der Waals surface area contributed by atoms with E-state index in [2.05, 4.69) is 21.0 Å². The Morgan fingerprint density at radius 1 is 1.41 bits per heavy atom. The molecule has 0 bridgehead atoms. The molecule has 0 saturated heterocycles. The quantitative estimate of drug-likeness (QED) is 0.876. The highest BCUT2D eigenvalue weighted by molar-refractivity contribution is 9.10. The van der Waals surface area contributed by atoms with Crippen molar-refractivity contribution < 1.29 is 9.47 Å². The molecule has 17 heavy (non-hydrogen) atoms. The van der Waals surface area contributed by atoms with E-state index in [-0.39, 0.29) is 6.79 Å². The number of aryl methyl sites for hydroxylation is 1. The molecule has 0 unspecified atom stereocenters. The number of hydrogen-bond donors (Lipinski definition) is 1. The van der Waals surface area contributed by atoms with Crippen LogP contribution in [0, 0.1) is 0 Å². The van der Waals surface area contributed by atoms with Crippen LogP contribution in [0.5, 0.6) is 11.5 Å². The zero-order valence-corrected chi connectivity index (χ0v) is 10.7. The molecule has 2 heterocycles. The van der Waals surface area contributed by atoms with Crippen LogP contribution in [0.3, 0.4) is 0 Å². The first kappa shape index (κ1) is 10.5. The van der Waals surface area contributed by atoms with Gasteiger partial charge < -0.3 is 15.2 Å². The van der Waals surface area contributed by atoms with Crippen molar-refractivity contribution in [2.75, 3.05) is 12.5 Å². The van der Waals surface area contributed by atoms with Crippen LogP contribution in [0.1, 0.15) is 0 Å². The molecule has 0 fully saturated rings. The van der Waals surface area contributed by atoms with Crippen LogP contribution in [0.2, 0.25) is 0 Å².